The second-order valence-corrected chi connectivity index (χ2v) is 5.54. The van der Waals surface area contributed by atoms with Gasteiger partial charge >= 0.3 is 5.97 Å². The first-order valence-electron chi connectivity index (χ1n) is 6.62. The SMILES string of the molecule is CC(Oc1ccc(Oc2ccc3ncsc3c2)cc1)C(=O)O. The van der Waals surface area contributed by atoms with Gasteiger partial charge in [0.1, 0.15) is 17.2 Å². The minimum Gasteiger partial charge on any atom is -0.479 e. The van der Waals surface area contributed by atoms with Gasteiger partial charge in [0.2, 0.25) is 0 Å². The van der Waals surface area contributed by atoms with E-state index in [-0.39, 0.29) is 0 Å². The number of rotatable bonds is 5. The third kappa shape index (κ3) is 3.17. The Balaban J connectivity index is 1.71. The van der Waals surface area contributed by atoms with Crippen LogP contribution in [0, 0.1) is 0 Å². The smallest absolute Gasteiger partial charge is 0.344 e. The predicted octanol–water partition coefficient (Wildman–Crippen LogP) is 3.94. The van der Waals surface area contributed by atoms with Crippen LogP contribution in [0.2, 0.25) is 0 Å². The van der Waals surface area contributed by atoms with Gasteiger partial charge in [-0.15, -0.1) is 11.3 Å². The summed E-state index contributed by atoms with van der Waals surface area (Å²) in [4.78, 5) is 15.0. The summed E-state index contributed by atoms with van der Waals surface area (Å²) in [6.45, 7) is 1.48. The fourth-order valence-electron chi connectivity index (χ4n) is 1.88. The molecule has 1 unspecified atom stereocenters. The molecule has 1 atom stereocenters. The van der Waals surface area contributed by atoms with Gasteiger partial charge in [0, 0.05) is 6.07 Å². The molecule has 0 aliphatic rings. The zero-order chi connectivity index (χ0) is 15.5. The lowest BCUT2D eigenvalue weighted by Crippen LogP contribution is -2.22. The van der Waals surface area contributed by atoms with E-state index in [1.807, 2.05) is 18.2 Å². The number of carboxylic acid groups (broad SMARTS) is 1. The average Bonchev–Trinajstić information content (AvgIpc) is 2.96. The highest BCUT2D eigenvalue weighted by molar-refractivity contribution is 7.16. The van der Waals surface area contributed by atoms with E-state index in [1.54, 1.807) is 41.1 Å². The fraction of sp³-hybridized carbons (Fsp3) is 0.125. The number of ether oxygens (including phenoxy) is 2. The number of aliphatic carboxylic acids is 1. The molecule has 0 aliphatic carbocycles. The third-order valence-electron chi connectivity index (χ3n) is 3.02. The van der Waals surface area contributed by atoms with E-state index in [2.05, 4.69) is 4.98 Å². The molecule has 112 valence electrons. The Bertz CT molecular complexity index is 797. The molecule has 1 aromatic heterocycles. The van der Waals surface area contributed by atoms with Crippen LogP contribution in [0.1, 0.15) is 6.92 Å². The minimum absolute atomic E-state index is 0.486. The maximum Gasteiger partial charge on any atom is 0.344 e. The van der Waals surface area contributed by atoms with Crippen LogP contribution in [-0.2, 0) is 4.79 Å². The highest BCUT2D eigenvalue weighted by Crippen LogP contribution is 2.28. The molecule has 0 aliphatic heterocycles. The summed E-state index contributed by atoms with van der Waals surface area (Å²) < 4.78 is 12.1. The Hall–Kier alpha value is -2.60. The van der Waals surface area contributed by atoms with Crippen LogP contribution in [0.25, 0.3) is 10.2 Å². The van der Waals surface area contributed by atoms with Crippen LogP contribution in [0.3, 0.4) is 0 Å². The van der Waals surface area contributed by atoms with E-state index in [0.717, 1.165) is 16.0 Å². The second kappa shape index (κ2) is 6.03. The molecule has 0 saturated carbocycles. The van der Waals surface area contributed by atoms with Crippen molar-refractivity contribution in [3.8, 4) is 17.2 Å². The summed E-state index contributed by atoms with van der Waals surface area (Å²) in [5.74, 6) is 0.863. The number of aromatic nitrogens is 1. The molecular weight excluding hydrogens is 302 g/mol. The Kier molecular flexibility index (Phi) is 3.93. The molecule has 0 radical (unpaired) electrons. The fourth-order valence-corrected chi connectivity index (χ4v) is 2.58. The number of hydrogen-bond acceptors (Lipinski definition) is 5. The number of fused-ring (bicyclic) bond motifs is 1. The van der Waals surface area contributed by atoms with Crippen LogP contribution >= 0.6 is 11.3 Å². The van der Waals surface area contributed by atoms with Crippen LogP contribution in [-0.4, -0.2) is 22.2 Å². The standard InChI is InChI=1S/C16H13NO4S/c1-10(16(18)19)20-11-2-4-12(5-3-11)21-13-6-7-14-15(8-13)22-9-17-14/h2-10H,1H3,(H,18,19). The number of hydrogen-bond donors (Lipinski definition) is 1. The normalized spacial score (nSPS) is 12.0. The van der Waals surface area contributed by atoms with Crippen molar-refractivity contribution < 1.29 is 19.4 Å². The molecular formula is C16H13NO4S. The van der Waals surface area contributed by atoms with Crippen LogP contribution in [0.5, 0.6) is 17.2 Å². The summed E-state index contributed by atoms with van der Waals surface area (Å²) in [7, 11) is 0. The van der Waals surface area contributed by atoms with Crippen molar-refractivity contribution in [1.29, 1.82) is 0 Å². The Morgan fingerprint density at radius 2 is 1.82 bits per heavy atom. The van der Waals surface area contributed by atoms with Crippen LogP contribution < -0.4 is 9.47 Å². The number of carboxylic acids is 1. The summed E-state index contributed by atoms with van der Waals surface area (Å²) >= 11 is 1.56. The molecule has 0 bridgehead atoms. The molecule has 0 saturated heterocycles. The zero-order valence-electron chi connectivity index (χ0n) is 11.7. The largest absolute Gasteiger partial charge is 0.479 e. The first kappa shape index (κ1) is 14.3. The van der Waals surface area contributed by atoms with E-state index in [9.17, 15) is 4.79 Å². The van der Waals surface area contributed by atoms with E-state index in [1.165, 1.54) is 6.92 Å². The van der Waals surface area contributed by atoms with Gasteiger partial charge in [-0.3, -0.25) is 0 Å². The molecule has 3 aromatic rings. The van der Waals surface area contributed by atoms with E-state index < -0.39 is 12.1 Å². The molecule has 0 spiro atoms. The molecule has 0 amide bonds. The van der Waals surface area contributed by atoms with E-state index in [4.69, 9.17) is 14.6 Å². The van der Waals surface area contributed by atoms with Gasteiger partial charge in [-0.25, -0.2) is 9.78 Å². The molecule has 5 nitrogen and oxygen atoms in total. The van der Waals surface area contributed by atoms with Crippen molar-refractivity contribution in [2.24, 2.45) is 0 Å². The second-order valence-electron chi connectivity index (χ2n) is 4.65. The first-order valence-corrected chi connectivity index (χ1v) is 7.50. The van der Waals surface area contributed by atoms with Crippen molar-refractivity contribution in [2.45, 2.75) is 13.0 Å². The lowest BCUT2D eigenvalue weighted by molar-refractivity contribution is -0.144. The molecule has 3 rings (SSSR count). The molecule has 6 heteroatoms. The Labute approximate surface area is 130 Å². The summed E-state index contributed by atoms with van der Waals surface area (Å²) in [5, 5.41) is 8.81. The van der Waals surface area contributed by atoms with Crippen molar-refractivity contribution >= 4 is 27.5 Å². The lowest BCUT2D eigenvalue weighted by atomic mass is 10.3. The number of benzene rings is 2. The van der Waals surface area contributed by atoms with Gasteiger partial charge in [-0.05, 0) is 43.3 Å². The van der Waals surface area contributed by atoms with Gasteiger partial charge in [0.05, 0.1) is 15.7 Å². The summed E-state index contributed by atoms with van der Waals surface area (Å²) in [5.41, 5.74) is 2.74. The van der Waals surface area contributed by atoms with Crippen molar-refractivity contribution in [1.82, 2.24) is 4.98 Å². The zero-order valence-corrected chi connectivity index (χ0v) is 12.5. The van der Waals surface area contributed by atoms with Crippen molar-refractivity contribution in [3.05, 3.63) is 48.0 Å². The lowest BCUT2D eigenvalue weighted by Gasteiger charge is -2.11. The monoisotopic (exact) mass is 315 g/mol. The maximum atomic E-state index is 10.7. The number of nitrogens with zero attached hydrogens (tertiary/aromatic N) is 1. The summed E-state index contributed by atoms with van der Waals surface area (Å²) in [6.07, 6.45) is -0.888. The highest BCUT2D eigenvalue weighted by Gasteiger charge is 2.12. The van der Waals surface area contributed by atoms with Gasteiger partial charge < -0.3 is 14.6 Å². The van der Waals surface area contributed by atoms with E-state index in [0.29, 0.717) is 11.5 Å². The van der Waals surface area contributed by atoms with E-state index >= 15 is 0 Å². The highest BCUT2D eigenvalue weighted by atomic mass is 32.1. The molecule has 2 aromatic carbocycles. The number of thiazole rings is 1. The first-order chi connectivity index (χ1) is 10.6. The van der Waals surface area contributed by atoms with Crippen LogP contribution in [0.15, 0.2) is 48.0 Å². The van der Waals surface area contributed by atoms with Crippen molar-refractivity contribution in [3.63, 3.8) is 0 Å². The third-order valence-corrected chi connectivity index (χ3v) is 3.81. The Morgan fingerprint density at radius 3 is 2.55 bits per heavy atom. The molecule has 22 heavy (non-hydrogen) atoms. The van der Waals surface area contributed by atoms with Gasteiger partial charge in [-0.1, -0.05) is 0 Å². The molecule has 1 N–H and O–H groups in total. The molecule has 0 fully saturated rings. The van der Waals surface area contributed by atoms with Gasteiger partial charge in [0.25, 0.3) is 0 Å². The maximum absolute atomic E-state index is 10.7. The minimum atomic E-state index is -1.00. The molecule has 1 heterocycles. The van der Waals surface area contributed by atoms with Crippen molar-refractivity contribution in [2.75, 3.05) is 0 Å². The summed E-state index contributed by atoms with van der Waals surface area (Å²) in [6, 6.07) is 12.5. The Morgan fingerprint density at radius 1 is 1.14 bits per heavy atom. The van der Waals surface area contributed by atoms with Crippen LogP contribution in [0.4, 0.5) is 0 Å². The predicted molar refractivity (Wildman–Crippen MR) is 83.9 cm³/mol. The number of carbonyl (C=O) groups is 1. The van der Waals surface area contributed by atoms with Gasteiger partial charge in [0.15, 0.2) is 6.10 Å². The van der Waals surface area contributed by atoms with Gasteiger partial charge in [-0.2, -0.15) is 0 Å². The average molecular weight is 315 g/mol. The quantitative estimate of drug-likeness (QED) is 0.772. The topological polar surface area (TPSA) is 68.7 Å².